The zero-order valence-electron chi connectivity index (χ0n) is 19.6. The maximum Gasteiger partial charge on any atom is 0.315 e. The Morgan fingerprint density at radius 2 is 1.94 bits per heavy atom. The van der Waals surface area contributed by atoms with E-state index in [0.717, 1.165) is 11.3 Å². The lowest BCUT2D eigenvalue weighted by atomic mass is 9.67. The molecule has 1 aliphatic carbocycles. The molecule has 0 radical (unpaired) electrons. The van der Waals surface area contributed by atoms with Crippen LogP contribution in [-0.4, -0.2) is 37.3 Å². The first kappa shape index (κ1) is 23.0. The minimum atomic E-state index is -0.658. The van der Waals surface area contributed by atoms with Gasteiger partial charge in [-0.15, -0.1) is 0 Å². The van der Waals surface area contributed by atoms with Gasteiger partial charge >= 0.3 is 5.97 Å². The first-order chi connectivity index (χ1) is 14.6. The number of aliphatic imine (C=N–C) groups is 1. The summed E-state index contributed by atoms with van der Waals surface area (Å²) in [6.07, 6.45) is 0.867. The highest BCUT2D eigenvalue weighted by Crippen LogP contribution is 2.49. The molecule has 1 aromatic carbocycles. The van der Waals surface area contributed by atoms with Crippen LogP contribution in [0.2, 0.25) is 0 Å². The normalized spacial score (nSPS) is 22.7. The van der Waals surface area contributed by atoms with Gasteiger partial charge in [-0.1, -0.05) is 19.9 Å². The SMILES string of the molecule is CCOc1ccc([C@H]2C3=C(CC(C)(C)CC3=O)N=C(C)[C@H]2C(=O)OC(C)C)cc1OC. The van der Waals surface area contributed by atoms with Crippen molar-refractivity contribution in [1.82, 2.24) is 0 Å². The third-order valence-electron chi connectivity index (χ3n) is 5.75. The van der Waals surface area contributed by atoms with Gasteiger partial charge in [0.25, 0.3) is 0 Å². The number of carbonyl (C=O) groups is 2. The summed E-state index contributed by atoms with van der Waals surface area (Å²) in [4.78, 5) is 31.2. The molecule has 6 heteroatoms. The largest absolute Gasteiger partial charge is 0.493 e. The topological polar surface area (TPSA) is 74.2 Å². The summed E-state index contributed by atoms with van der Waals surface area (Å²) in [6, 6.07) is 5.60. The lowest BCUT2D eigenvalue weighted by Gasteiger charge is -2.39. The molecule has 0 spiro atoms. The molecule has 1 aromatic rings. The van der Waals surface area contributed by atoms with Crippen molar-refractivity contribution >= 4 is 17.5 Å². The summed E-state index contributed by atoms with van der Waals surface area (Å²) in [5.74, 6) is -0.246. The van der Waals surface area contributed by atoms with Gasteiger partial charge in [0.05, 0.1) is 19.8 Å². The number of esters is 1. The van der Waals surface area contributed by atoms with Crippen molar-refractivity contribution < 1.29 is 23.8 Å². The molecule has 2 atom stereocenters. The predicted octanol–water partition coefficient (Wildman–Crippen LogP) is 4.86. The van der Waals surface area contributed by atoms with Crippen molar-refractivity contribution in [3.63, 3.8) is 0 Å². The number of rotatable bonds is 6. The Kier molecular flexibility index (Phi) is 6.58. The number of allylic oxidation sites excluding steroid dienone is 2. The number of ketones is 1. The van der Waals surface area contributed by atoms with Crippen LogP contribution in [-0.2, 0) is 14.3 Å². The van der Waals surface area contributed by atoms with Crippen molar-refractivity contribution in [1.29, 1.82) is 0 Å². The maximum absolute atomic E-state index is 13.3. The standard InChI is InChI=1S/C25H33NO5/c1-8-30-19-10-9-16(11-20(19)29-7)22-21(24(28)31-14(2)3)15(4)26-17-12-25(5,6)13-18(27)23(17)22/h9-11,14,21-22H,8,12-13H2,1-7H3/t21-,22-/m1/s1. The van der Waals surface area contributed by atoms with Crippen molar-refractivity contribution in [2.75, 3.05) is 13.7 Å². The average Bonchev–Trinajstić information content (AvgIpc) is 2.65. The van der Waals surface area contributed by atoms with Crippen LogP contribution in [0.15, 0.2) is 34.5 Å². The minimum Gasteiger partial charge on any atom is -0.493 e. The van der Waals surface area contributed by atoms with E-state index in [2.05, 4.69) is 13.8 Å². The first-order valence-corrected chi connectivity index (χ1v) is 10.9. The lowest BCUT2D eigenvalue weighted by molar-refractivity contribution is -0.150. The van der Waals surface area contributed by atoms with Crippen molar-refractivity contribution in [3.8, 4) is 11.5 Å². The number of hydrogen-bond acceptors (Lipinski definition) is 6. The summed E-state index contributed by atoms with van der Waals surface area (Å²) < 4.78 is 16.8. The quantitative estimate of drug-likeness (QED) is 0.606. The van der Waals surface area contributed by atoms with E-state index in [1.165, 1.54) is 0 Å². The van der Waals surface area contributed by atoms with Crippen LogP contribution in [0.3, 0.4) is 0 Å². The molecule has 0 unspecified atom stereocenters. The van der Waals surface area contributed by atoms with Crippen LogP contribution in [0.5, 0.6) is 11.5 Å². The summed E-state index contributed by atoms with van der Waals surface area (Å²) in [6.45, 7) is 12.1. The highest BCUT2D eigenvalue weighted by Gasteiger charge is 2.46. The first-order valence-electron chi connectivity index (χ1n) is 10.9. The van der Waals surface area contributed by atoms with E-state index >= 15 is 0 Å². The number of ether oxygens (including phenoxy) is 3. The number of hydrogen-bond donors (Lipinski definition) is 0. The third-order valence-corrected chi connectivity index (χ3v) is 5.75. The highest BCUT2D eigenvalue weighted by atomic mass is 16.5. The van der Waals surface area contributed by atoms with Crippen molar-refractivity contribution in [2.24, 2.45) is 16.3 Å². The number of Topliss-reactive ketones (excluding diaryl/α,β-unsaturated/α-hetero) is 1. The molecule has 3 rings (SSSR count). The Morgan fingerprint density at radius 1 is 1.23 bits per heavy atom. The summed E-state index contributed by atoms with van der Waals surface area (Å²) in [5, 5.41) is 0. The molecule has 0 amide bonds. The monoisotopic (exact) mass is 427 g/mol. The molecule has 0 aromatic heterocycles. The van der Waals surface area contributed by atoms with E-state index in [9.17, 15) is 9.59 Å². The summed E-state index contributed by atoms with van der Waals surface area (Å²) in [7, 11) is 1.58. The van der Waals surface area contributed by atoms with E-state index < -0.39 is 11.8 Å². The molecule has 0 fully saturated rings. The van der Waals surface area contributed by atoms with Crippen LogP contribution in [0.25, 0.3) is 0 Å². The Morgan fingerprint density at radius 3 is 2.55 bits per heavy atom. The van der Waals surface area contributed by atoms with Gasteiger partial charge in [-0.3, -0.25) is 14.6 Å². The molecule has 1 heterocycles. The average molecular weight is 428 g/mol. The van der Waals surface area contributed by atoms with Crippen molar-refractivity contribution in [3.05, 3.63) is 35.0 Å². The fraction of sp³-hybridized carbons (Fsp3) is 0.560. The van der Waals surface area contributed by atoms with Gasteiger partial charge in [-0.2, -0.15) is 0 Å². The van der Waals surface area contributed by atoms with Gasteiger partial charge < -0.3 is 14.2 Å². The van der Waals surface area contributed by atoms with Gasteiger partial charge in [0.2, 0.25) is 0 Å². The second-order valence-corrected chi connectivity index (χ2v) is 9.34. The van der Waals surface area contributed by atoms with E-state index in [0.29, 0.717) is 42.2 Å². The maximum atomic E-state index is 13.3. The van der Waals surface area contributed by atoms with Gasteiger partial charge in [0.1, 0.15) is 5.92 Å². The van der Waals surface area contributed by atoms with Crippen LogP contribution >= 0.6 is 0 Å². The van der Waals surface area contributed by atoms with Gasteiger partial charge in [-0.25, -0.2) is 0 Å². The number of carbonyl (C=O) groups excluding carboxylic acids is 2. The number of methoxy groups -OCH3 is 1. The molecule has 31 heavy (non-hydrogen) atoms. The van der Waals surface area contributed by atoms with Gasteiger partial charge in [-0.05, 0) is 57.2 Å². The summed E-state index contributed by atoms with van der Waals surface area (Å²) >= 11 is 0. The molecule has 0 bridgehead atoms. The zero-order valence-corrected chi connectivity index (χ0v) is 19.6. The van der Waals surface area contributed by atoms with Gasteiger partial charge in [0, 0.05) is 29.3 Å². The molecule has 0 N–H and O–H groups in total. The van der Waals surface area contributed by atoms with E-state index in [-0.39, 0.29) is 23.3 Å². The molecule has 0 saturated heterocycles. The molecular weight excluding hydrogens is 394 g/mol. The fourth-order valence-electron chi connectivity index (χ4n) is 4.57. The number of nitrogens with zero attached hydrogens (tertiary/aromatic N) is 1. The van der Waals surface area contributed by atoms with Crippen LogP contribution < -0.4 is 9.47 Å². The molecule has 0 saturated carbocycles. The van der Waals surface area contributed by atoms with Crippen molar-refractivity contribution in [2.45, 2.75) is 66.4 Å². The Balaban J connectivity index is 2.17. The third kappa shape index (κ3) is 4.68. The lowest BCUT2D eigenvalue weighted by Crippen LogP contribution is -2.40. The summed E-state index contributed by atoms with van der Waals surface area (Å²) in [5.41, 5.74) is 2.74. The van der Waals surface area contributed by atoms with Crippen LogP contribution in [0.4, 0.5) is 0 Å². The zero-order chi connectivity index (χ0) is 22.9. The number of benzene rings is 1. The Hall–Kier alpha value is -2.63. The molecule has 2 aliphatic rings. The van der Waals surface area contributed by atoms with E-state index in [1.54, 1.807) is 7.11 Å². The fourth-order valence-corrected chi connectivity index (χ4v) is 4.57. The second-order valence-electron chi connectivity index (χ2n) is 9.34. The van der Waals surface area contributed by atoms with E-state index in [4.69, 9.17) is 19.2 Å². The predicted molar refractivity (Wildman–Crippen MR) is 120 cm³/mol. The molecule has 1 aliphatic heterocycles. The smallest absolute Gasteiger partial charge is 0.315 e. The molecule has 6 nitrogen and oxygen atoms in total. The molecule has 168 valence electrons. The van der Waals surface area contributed by atoms with E-state index in [1.807, 2.05) is 45.9 Å². The second kappa shape index (κ2) is 8.85. The van der Waals surface area contributed by atoms with Gasteiger partial charge in [0.15, 0.2) is 17.3 Å². The highest BCUT2D eigenvalue weighted by molar-refractivity contribution is 6.09. The Labute approximate surface area is 184 Å². The van der Waals surface area contributed by atoms with Crippen LogP contribution in [0.1, 0.15) is 65.9 Å². The minimum absolute atomic E-state index is 0.0442. The molecular formula is C25H33NO5. The van der Waals surface area contributed by atoms with Crippen LogP contribution in [0, 0.1) is 11.3 Å². The Bertz CT molecular complexity index is 941.